The minimum atomic E-state index is -4.09. The van der Waals surface area contributed by atoms with E-state index in [4.69, 9.17) is 0 Å². The third kappa shape index (κ3) is 11.9. The fraction of sp³-hybridized carbons (Fsp3) is 0.778. The third-order valence-corrected chi connectivity index (χ3v) is 2.92. The Labute approximate surface area is 88.7 Å². The molecule has 0 unspecified atom stereocenters. The van der Waals surface area contributed by atoms with E-state index in [1.165, 1.54) is 0 Å². The van der Waals surface area contributed by atoms with Gasteiger partial charge >= 0.3 is 5.51 Å². The number of alkyl halides is 3. The standard InChI is InChI=1S/C9H15F3SSi/c1-14(2,3)8-6-4-5-7-13-9(10,11)12/h4-5,7H2,1-3H3. The summed E-state index contributed by atoms with van der Waals surface area (Å²) < 4.78 is 35.1. The maximum Gasteiger partial charge on any atom is 0.441 e. The second-order valence-electron chi connectivity index (χ2n) is 3.95. The Kier molecular flexibility index (Phi) is 5.68. The van der Waals surface area contributed by atoms with Crippen molar-refractivity contribution in [3.05, 3.63) is 0 Å². The van der Waals surface area contributed by atoms with E-state index in [2.05, 4.69) is 31.1 Å². The fourth-order valence-electron chi connectivity index (χ4n) is 0.676. The van der Waals surface area contributed by atoms with Crippen molar-refractivity contribution < 1.29 is 13.2 Å². The molecule has 0 aromatic heterocycles. The van der Waals surface area contributed by atoms with Gasteiger partial charge in [0.1, 0.15) is 8.07 Å². The molecule has 0 bridgehead atoms. The van der Waals surface area contributed by atoms with Crippen molar-refractivity contribution >= 4 is 19.8 Å². The summed E-state index contributed by atoms with van der Waals surface area (Å²) in [6.45, 7) is 6.35. The minimum Gasteiger partial charge on any atom is -0.160 e. The van der Waals surface area contributed by atoms with Crippen molar-refractivity contribution in [2.75, 3.05) is 5.75 Å². The smallest absolute Gasteiger partial charge is 0.160 e. The average Bonchev–Trinajstić information content (AvgIpc) is 1.92. The van der Waals surface area contributed by atoms with Crippen LogP contribution in [0.1, 0.15) is 12.8 Å². The van der Waals surface area contributed by atoms with Gasteiger partial charge in [-0.25, -0.2) is 0 Å². The van der Waals surface area contributed by atoms with Crippen LogP contribution < -0.4 is 0 Å². The summed E-state index contributed by atoms with van der Waals surface area (Å²) in [6.07, 6.45) is 1.09. The normalized spacial score (nSPS) is 12.1. The van der Waals surface area contributed by atoms with E-state index in [9.17, 15) is 13.2 Å². The number of rotatable bonds is 3. The highest BCUT2D eigenvalue weighted by Gasteiger charge is 2.27. The molecule has 0 aromatic carbocycles. The number of hydrogen-bond donors (Lipinski definition) is 0. The largest absolute Gasteiger partial charge is 0.441 e. The molecule has 0 N–H and O–H groups in total. The Bertz CT molecular complexity index is 219. The Morgan fingerprint density at radius 1 is 1.21 bits per heavy atom. The molecule has 82 valence electrons. The maximum absolute atomic E-state index is 11.7. The molecule has 0 aliphatic heterocycles. The molecule has 0 heterocycles. The molecule has 0 nitrogen and oxygen atoms in total. The van der Waals surface area contributed by atoms with Crippen molar-refractivity contribution in [3.63, 3.8) is 0 Å². The van der Waals surface area contributed by atoms with Crippen LogP contribution in [0.2, 0.25) is 19.6 Å². The SMILES string of the molecule is C[Si](C)(C)C#CCCCSC(F)(F)F. The Hall–Kier alpha value is -0.0831. The summed E-state index contributed by atoms with van der Waals surface area (Å²) >= 11 is 0.0351. The Morgan fingerprint density at radius 2 is 1.79 bits per heavy atom. The first-order valence-electron chi connectivity index (χ1n) is 4.41. The molecule has 0 atom stereocenters. The van der Waals surface area contributed by atoms with Crippen LogP contribution in [0, 0.1) is 11.5 Å². The van der Waals surface area contributed by atoms with E-state index in [0.717, 1.165) is 0 Å². The average molecular weight is 240 g/mol. The molecule has 0 saturated heterocycles. The molecule has 0 aromatic rings. The van der Waals surface area contributed by atoms with E-state index >= 15 is 0 Å². The maximum atomic E-state index is 11.7. The predicted octanol–water partition coefficient (Wildman–Crippen LogP) is 3.90. The van der Waals surface area contributed by atoms with Crippen LogP contribution >= 0.6 is 11.8 Å². The van der Waals surface area contributed by atoms with Crippen molar-refractivity contribution in [2.45, 2.75) is 38.0 Å². The number of thioether (sulfide) groups is 1. The summed E-state index contributed by atoms with van der Waals surface area (Å²) in [6, 6.07) is 0. The van der Waals surface area contributed by atoms with Crippen LogP contribution in [0.5, 0.6) is 0 Å². The van der Waals surface area contributed by atoms with Gasteiger partial charge in [0.2, 0.25) is 0 Å². The quantitative estimate of drug-likeness (QED) is 0.409. The van der Waals surface area contributed by atoms with Crippen LogP contribution in [0.3, 0.4) is 0 Å². The van der Waals surface area contributed by atoms with Gasteiger partial charge < -0.3 is 0 Å². The second kappa shape index (κ2) is 5.71. The van der Waals surface area contributed by atoms with Crippen molar-refractivity contribution in [3.8, 4) is 11.5 Å². The lowest BCUT2D eigenvalue weighted by Crippen LogP contribution is -2.16. The van der Waals surface area contributed by atoms with Crippen LogP contribution in [-0.2, 0) is 0 Å². The summed E-state index contributed by atoms with van der Waals surface area (Å²) in [4.78, 5) is 0. The first-order valence-corrected chi connectivity index (χ1v) is 8.90. The van der Waals surface area contributed by atoms with Crippen molar-refractivity contribution in [1.82, 2.24) is 0 Å². The number of hydrogen-bond acceptors (Lipinski definition) is 1. The highest BCUT2D eigenvalue weighted by atomic mass is 32.2. The summed E-state index contributed by atoms with van der Waals surface area (Å²) in [7, 11) is -1.34. The van der Waals surface area contributed by atoms with Gasteiger partial charge in [0.05, 0.1) is 0 Å². The highest BCUT2D eigenvalue weighted by molar-refractivity contribution is 8.00. The number of halogens is 3. The van der Waals surface area contributed by atoms with Crippen molar-refractivity contribution in [2.24, 2.45) is 0 Å². The lowest BCUT2D eigenvalue weighted by molar-refractivity contribution is -0.0327. The summed E-state index contributed by atoms with van der Waals surface area (Å²) in [5.74, 6) is 3.06. The van der Waals surface area contributed by atoms with E-state index < -0.39 is 13.6 Å². The number of unbranched alkanes of at least 4 members (excludes halogenated alkanes) is 1. The fourth-order valence-corrected chi connectivity index (χ4v) is 1.85. The van der Waals surface area contributed by atoms with Crippen molar-refractivity contribution in [1.29, 1.82) is 0 Å². The van der Waals surface area contributed by atoms with Gasteiger partial charge in [-0.15, -0.1) is 11.5 Å². The molecule has 0 aliphatic carbocycles. The zero-order chi connectivity index (χ0) is 11.2. The lowest BCUT2D eigenvalue weighted by atomic mass is 10.4. The van der Waals surface area contributed by atoms with E-state index in [1.807, 2.05) is 0 Å². The van der Waals surface area contributed by atoms with E-state index in [0.29, 0.717) is 12.8 Å². The molecule has 14 heavy (non-hydrogen) atoms. The van der Waals surface area contributed by atoms with Gasteiger partial charge in [0.25, 0.3) is 0 Å². The first kappa shape index (κ1) is 13.9. The topological polar surface area (TPSA) is 0 Å². The molecule has 0 rings (SSSR count). The lowest BCUT2D eigenvalue weighted by Gasteiger charge is -2.04. The van der Waals surface area contributed by atoms with Crippen LogP contribution in [-0.4, -0.2) is 19.3 Å². The van der Waals surface area contributed by atoms with Gasteiger partial charge in [0, 0.05) is 12.2 Å². The monoisotopic (exact) mass is 240 g/mol. The Morgan fingerprint density at radius 3 is 2.21 bits per heavy atom. The van der Waals surface area contributed by atoms with Crippen LogP contribution in [0.25, 0.3) is 0 Å². The van der Waals surface area contributed by atoms with E-state index in [1.54, 1.807) is 0 Å². The highest BCUT2D eigenvalue weighted by Crippen LogP contribution is 2.30. The minimum absolute atomic E-state index is 0.0351. The predicted molar refractivity (Wildman–Crippen MR) is 58.9 cm³/mol. The van der Waals surface area contributed by atoms with Gasteiger partial charge in [-0.1, -0.05) is 31.4 Å². The molecular weight excluding hydrogens is 225 g/mol. The van der Waals surface area contributed by atoms with Gasteiger partial charge in [-0.05, 0) is 6.42 Å². The Balaban J connectivity index is 3.52. The third-order valence-electron chi connectivity index (χ3n) is 1.18. The second-order valence-corrected chi connectivity index (χ2v) is 9.86. The molecule has 0 spiro atoms. The summed E-state index contributed by atoms with van der Waals surface area (Å²) in [5, 5.41) is 0. The molecule has 0 saturated carbocycles. The van der Waals surface area contributed by atoms with Crippen LogP contribution in [0.4, 0.5) is 13.2 Å². The van der Waals surface area contributed by atoms with Gasteiger partial charge in [0.15, 0.2) is 0 Å². The molecule has 5 heteroatoms. The molecule has 0 amide bonds. The first-order chi connectivity index (χ1) is 6.21. The zero-order valence-electron chi connectivity index (χ0n) is 8.66. The van der Waals surface area contributed by atoms with E-state index in [-0.39, 0.29) is 17.5 Å². The molecule has 0 fully saturated rings. The van der Waals surface area contributed by atoms with Crippen LogP contribution in [0.15, 0.2) is 0 Å². The molecule has 0 radical (unpaired) electrons. The summed E-state index contributed by atoms with van der Waals surface area (Å²) in [5.41, 5.74) is -0.973. The van der Waals surface area contributed by atoms with Gasteiger partial charge in [-0.3, -0.25) is 0 Å². The molecular formula is C9H15F3SSi. The zero-order valence-corrected chi connectivity index (χ0v) is 10.5. The van der Waals surface area contributed by atoms with Gasteiger partial charge in [-0.2, -0.15) is 13.2 Å². The molecule has 0 aliphatic rings.